The van der Waals surface area contributed by atoms with Crippen LogP contribution >= 0.6 is 11.7 Å². The second-order valence-electron chi connectivity index (χ2n) is 16.6. The van der Waals surface area contributed by atoms with Crippen LogP contribution in [0.4, 0.5) is 0 Å². The first-order valence-electron chi connectivity index (χ1n) is 20.9. The van der Waals surface area contributed by atoms with Crippen LogP contribution in [0.5, 0.6) is 0 Å². The Morgan fingerprint density at radius 2 is 0.968 bits per heavy atom. The number of pyridine rings is 1. The van der Waals surface area contributed by atoms with Crippen LogP contribution in [0, 0.1) is 0 Å². The zero-order valence-corrected chi connectivity index (χ0v) is 34.9. The summed E-state index contributed by atoms with van der Waals surface area (Å²) in [5, 5.41) is 3.21. The minimum absolute atomic E-state index is 0.0519. The summed E-state index contributed by atoms with van der Waals surface area (Å²) in [4.78, 5) is 15.5. The van der Waals surface area contributed by atoms with Crippen molar-refractivity contribution in [3.8, 4) is 78.5 Å². The number of rotatable bonds is 6. The molecule has 1 aliphatic rings. The molecule has 6 heteroatoms. The number of nitrogens with zero attached hydrogens (tertiary/aromatic N) is 5. The van der Waals surface area contributed by atoms with Crippen molar-refractivity contribution in [2.24, 2.45) is 0 Å². The first-order chi connectivity index (χ1) is 30.5. The van der Waals surface area contributed by atoms with E-state index in [4.69, 9.17) is 23.7 Å². The Morgan fingerprint density at radius 1 is 0.387 bits per heavy atom. The molecule has 0 unspecified atom stereocenters. The molecule has 0 N–H and O–H groups in total. The molecule has 1 aliphatic carbocycles. The van der Waals surface area contributed by atoms with Gasteiger partial charge < -0.3 is 0 Å². The van der Waals surface area contributed by atoms with E-state index >= 15 is 0 Å². The predicted molar refractivity (Wildman–Crippen MR) is 256 cm³/mol. The smallest absolute Gasteiger partial charge is 0.160 e. The Labute approximate surface area is 363 Å². The van der Waals surface area contributed by atoms with Gasteiger partial charge in [0.05, 0.1) is 34.3 Å². The second kappa shape index (κ2) is 14.2. The SMILES string of the molecule is CC1(C)c2ccccc2-c2ccc(-c3ccc(-c4cc(-c5ccc(-c6cc7c(-c8ccccc8)nc8ccccc8c7c7nsnc67)cc5)nc(-c5ccccc5)n4)cc3)cc21. The van der Waals surface area contributed by atoms with Gasteiger partial charge in [-0.15, -0.1) is 0 Å². The van der Waals surface area contributed by atoms with Crippen LogP contribution in [0.1, 0.15) is 25.0 Å². The molecule has 0 bridgehead atoms. The third kappa shape index (κ3) is 5.86. The van der Waals surface area contributed by atoms with Gasteiger partial charge in [-0.2, -0.15) is 8.75 Å². The summed E-state index contributed by atoms with van der Waals surface area (Å²) in [5.41, 5.74) is 19.3. The maximum Gasteiger partial charge on any atom is 0.160 e. The number of hydrogen-bond donors (Lipinski definition) is 0. The summed E-state index contributed by atoms with van der Waals surface area (Å²) in [6.07, 6.45) is 0. The van der Waals surface area contributed by atoms with Gasteiger partial charge in [0.1, 0.15) is 11.0 Å². The van der Waals surface area contributed by atoms with E-state index in [1.165, 1.54) is 45.1 Å². The van der Waals surface area contributed by atoms with Gasteiger partial charge in [-0.05, 0) is 63.2 Å². The Bertz CT molecular complexity index is 3520. The van der Waals surface area contributed by atoms with Crippen molar-refractivity contribution in [2.75, 3.05) is 0 Å². The molecule has 0 atom stereocenters. The molecule has 0 saturated carbocycles. The van der Waals surface area contributed by atoms with E-state index in [2.05, 4.69) is 172 Å². The molecule has 0 saturated heterocycles. The summed E-state index contributed by atoms with van der Waals surface area (Å²) in [6.45, 7) is 4.66. The van der Waals surface area contributed by atoms with Gasteiger partial charge in [0, 0.05) is 49.4 Å². The van der Waals surface area contributed by atoms with Gasteiger partial charge in [0.2, 0.25) is 0 Å². The Kier molecular flexibility index (Phi) is 8.31. The van der Waals surface area contributed by atoms with Crippen molar-refractivity contribution >= 4 is 44.4 Å². The van der Waals surface area contributed by atoms with E-state index in [9.17, 15) is 0 Å². The van der Waals surface area contributed by atoms with Crippen LogP contribution in [0.2, 0.25) is 0 Å². The number of fused-ring (bicyclic) bond motifs is 8. The van der Waals surface area contributed by atoms with E-state index in [-0.39, 0.29) is 5.41 Å². The van der Waals surface area contributed by atoms with Gasteiger partial charge in [-0.1, -0.05) is 178 Å². The van der Waals surface area contributed by atoms with Crippen LogP contribution in [-0.2, 0) is 5.41 Å². The fourth-order valence-electron chi connectivity index (χ4n) is 9.40. The zero-order valence-electron chi connectivity index (χ0n) is 34.0. The Morgan fingerprint density at radius 3 is 1.71 bits per heavy atom. The standard InChI is InChI=1S/C56H37N5S/c1-56(2)46-19-11-9-17-41(46)42-30-29-40(31-47(42)56)34-21-25-36(26-22-34)49-33-50(59-55(58-49)39-15-7-4-8-16-39)37-27-23-35(24-28-37)44-32-45-51(54-53(44)60-62-61-54)43-18-10-12-20-48(43)57-52(45)38-13-5-3-6-14-38/h3-33H,1-2H3. The van der Waals surface area contributed by atoms with Gasteiger partial charge >= 0.3 is 0 Å². The Balaban J connectivity index is 0.932. The average molecular weight is 812 g/mol. The van der Waals surface area contributed by atoms with Gasteiger partial charge in [-0.25, -0.2) is 15.0 Å². The molecule has 3 aromatic heterocycles. The van der Waals surface area contributed by atoms with Crippen molar-refractivity contribution in [3.63, 3.8) is 0 Å². The fourth-order valence-corrected chi connectivity index (χ4v) is 9.96. The molecule has 12 rings (SSSR count). The fraction of sp³-hybridized carbons (Fsp3) is 0.0536. The molecular formula is C56H37N5S. The van der Waals surface area contributed by atoms with E-state index < -0.39 is 0 Å². The molecule has 0 spiro atoms. The quantitative estimate of drug-likeness (QED) is 0.157. The number of aromatic nitrogens is 5. The monoisotopic (exact) mass is 811 g/mol. The third-order valence-corrected chi connectivity index (χ3v) is 13.1. The minimum atomic E-state index is -0.0519. The largest absolute Gasteiger partial charge is 0.247 e. The number of benzene rings is 8. The van der Waals surface area contributed by atoms with Crippen molar-refractivity contribution < 1.29 is 0 Å². The summed E-state index contributed by atoms with van der Waals surface area (Å²) < 4.78 is 9.77. The molecule has 0 amide bonds. The minimum Gasteiger partial charge on any atom is -0.247 e. The highest BCUT2D eigenvalue weighted by molar-refractivity contribution is 7.00. The molecule has 292 valence electrons. The van der Waals surface area contributed by atoms with E-state index in [0.29, 0.717) is 5.82 Å². The van der Waals surface area contributed by atoms with Gasteiger partial charge in [-0.3, -0.25) is 0 Å². The Hall–Kier alpha value is -7.67. The molecule has 0 radical (unpaired) electrons. The summed E-state index contributed by atoms with van der Waals surface area (Å²) in [7, 11) is 0. The lowest BCUT2D eigenvalue weighted by Gasteiger charge is -2.22. The number of hydrogen-bond acceptors (Lipinski definition) is 6. The highest BCUT2D eigenvalue weighted by Crippen LogP contribution is 2.49. The van der Waals surface area contributed by atoms with Gasteiger partial charge in [0.15, 0.2) is 5.82 Å². The highest BCUT2D eigenvalue weighted by atomic mass is 32.1. The van der Waals surface area contributed by atoms with Gasteiger partial charge in [0.25, 0.3) is 0 Å². The molecule has 62 heavy (non-hydrogen) atoms. The predicted octanol–water partition coefficient (Wildman–Crippen LogP) is 14.5. The van der Waals surface area contributed by atoms with Crippen LogP contribution in [0.3, 0.4) is 0 Å². The van der Waals surface area contributed by atoms with Crippen LogP contribution in [-0.4, -0.2) is 23.7 Å². The van der Waals surface area contributed by atoms with E-state index in [0.717, 1.165) is 83.2 Å². The summed E-state index contributed by atoms with van der Waals surface area (Å²) in [6, 6.07) is 66.4. The lowest BCUT2D eigenvalue weighted by Crippen LogP contribution is -2.14. The van der Waals surface area contributed by atoms with Crippen LogP contribution in [0.25, 0.3) is 111 Å². The molecule has 11 aromatic rings. The molecule has 3 heterocycles. The lowest BCUT2D eigenvalue weighted by atomic mass is 9.81. The van der Waals surface area contributed by atoms with E-state index in [1.807, 2.05) is 30.3 Å². The van der Waals surface area contributed by atoms with Crippen molar-refractivity contribution in [3.05, 3.63) is 199 Å². The average Bonchev–Trinajstić information content (AvgIpc) is 3.92. The molecule has 8 aromatic carbocycles. The van der Waals surface area contributed by atoms with Crippen LogP contribution in [0.15, 0.2) is 188 Å². The normalized spacial score (nSPS) is 12.8. The maximum atomic E-state index is 5.21. The third-order valence-electron chi connectivity index (χ3n) is 12.6. The lowest BCUT2D eigenvalue weighted by molar-refractivity contribution is 0.660. The van der Waals surface area contributed by atoms with E-state index in [1.54, 1.807) is 0 Å². The summed E-state index contributed by atoms with van der Waals surface area (Å²) in [5.74, 6) is 0.685. The second-order valence-corrected chi connectivity index (χ2v) is 17.1. The zero-order chi connectivity index (χ0) is 41.4. The molecule has 0 fully saturated rings. The summed E-state index contributed by atoms with van der Waals surface area (Å²) >= 11 is 1.25. The molecule has 0 aliphatic heterocycles. The molecular weight excluding hydrogens is 775 g/mol. The van der Waals surface area contributed by atoms with Crippen LogP contribution < -0.4 is 0 Å². The highest BCUT2D eigenvalue weighted by Gasteiger charge is 2.35. The number of para-hydroxylation sites is 1. The van der Waals surface area contributed by atoms with Crippen molar-refractivity contribution in [2.45, 2.75) is 19.3 Å². The van der Waals surface area contributed by atoms with Crippen molar-refractivity contribution in [1.82, 2.24) is 23.7 Å². The first kappa shape index (κ1) is 36.2. The first-order valence-corrected chi connectivity index (χ1v) is 21.6. The van der Waals surface area contributed by atoms with Crippen molar-refractivity contribution in [1.29, 1.82) is 0 Å². The topological polar surface area (TPSA) is 64.5 Å². The molecule has 5 nitrogen and oxygen atoms in total. The maximum absolute atomic E-state index is 5.21.